The molecule has 3 rings (SSSR count). The monoisotopic (exact) mass is 755 g/mol. The van der Waals surface area contributed by atoms with Gasteiger partial charge in [-0.05, 0) is 32.4 Å². The van der Waals surface area contributed by atoms with Gasteiger partial charge in [0.2, 0.25) is 11.8 Å². The van der Waals surface area contributed by atoms with Gasteiger partial charge in [-0.1, -0.05) is 6.07 Å². The van der Waals surface area contributed by atoms with Crippen LogP contribution in [0.25, 0.3) is 0 Å². The summed E-state index contributed by atoms with van der Waals surface area (Å²) in [7, 11) is 0. The van der Waals surface area contributed by atoms with E-state index in [1.807, 2.05) is 13.8 Å². The molecule has 0 aliphatic carbocycles. The summed E-state index contributed by atoms with van der Waals surface area (Å²) in [6.45, 7) is 13.4. The maximum Gasteiger partial charge on any atom is 0.264 e. The summed E-state index contributed by atoms with van der Waals surface area (Å²) >= 11 is 0. The van der Waals surface area contributed by atoms with Crippen molar-refractivity contribution in [2.75, 3.05) is 137 Å². The third kappa shape index (κ3) is 17.7. The maximum absolute atomic E-state index is 13.1. The molecular formula is C36H57N3O14. The summed E-state index contributed by atoms with van der Waals surface area (Å²) in [5, 5.41) is 5.33. The van der Waals surface area contributed by atoms with E-state index in [-0.39, 0.29) is 30.1 Å². The number of amides is 4. The van der Waals surface area contributed by atoms with E-state index < -0.39 is 29.7 Å². The van der Waals surface area contributed by atoms with Crippen molar-refractivity contribution in [3.63, 3.8) is 0 Å². The van der Waals surface area contributed by atoms with Crippen LogP contribution in [0.1, 0.15) is 47.4 Å². The minimum atomic E-state index is -1.01. The number of hydrogen-bond donors (Lipinski definition) is 2. The van der Waals surface area contributed by atoms with Crippen LogP contribution in [0, 0.1) is 0 Å². The van der Waals surface area contributed by atoms with E-state index in [0.717, 1.165) is 4.90 Å². The third-order valence-electron chi connectivity index (χ3n) is 7.68. The van der Waals surface area contributed by atoms with Gasteiger partial charge in [-0.3, -0.25) is 29.4 Å². The normalized spacial score (nSPS) is 15.8. The second-order valence-corrected chi connectivity index (χ2v) is 12.0. The summed E-state index contributed by atoms with van der Waals surface area (Å²) in [6, 6.07) is 3.91. The molecular weight excluding hydrogens is 698 g/mol. The highest BCUT2D eigenvalue weighted by molar-refractivity contribution is 6.25. The summed E-state index contributed by atoms with van der Waals surface area (Å²) in [5.41, 5.74) is 0.911. The highest BCUT2D eigenvalue weighted by Crippen LogP contribution is 2.32. The molecule has 17 heteroatoms. The number of ether oxygens (including phenoxy) is 10. The molecule has 1 aromatic carbocycles. The minimum absolute atomic E-state index is 0.0667. The molecule has 0 aromatic heterocycles. The van der Waals surface area contributed by atoms with Gasteiger partial charge in [0.05, 0.1) is 143 Å². The van der Waals surface area contributed by atoms with Crippen molar-refractivity contribution >= 4 is 29.3 Å². The number of nitrogens with one attached hydrogen (secondary N) is 2. The predicted molar refractivity (Wildman–Crippen MR) is 190 cm³/mol. The summed E-state index contributed by atoms with van der Waals surface area (Å²) < 4.78 is 54.7. The molecule has 1 fully saturated rings. The number of carbonyl (C=O) groups excluding carboxylic acids is 4. The molecule has 1 atom stereocenters. The highest BCUT2D eigenvalue weighted by atomic mass is 16.6. The molecule has 0 radical (unpaired) electrons. The number of imide groups is 2. The van der Waals surface area contributed by atoms with Crippen molar-refractivity contribution in [3.8, 4) is 0 Å². The van der Waals surface area contributed by atoms with Gasteiger partial charge in [-0.15, -0.1) is 0 Å². The number of rotatable bonds is 33. The van der Waals surface area contributed by atoms with Crippen LogP contribution in [-0.4, -0.2) is 173 Å². The molecule has 1 saturated heterocycles. The Bertz CT molecular complexity index is 1220. The quantitative estimate of drug-likeness (QED) is 0.0766. The Hall–Kier alpha value is -3.10. The van der Waals surface area contributed by atoms with E-state index >= 15 is 0 Å². The van der Waals surface area contributed by atoms with Crippen molar-refractivity contribution in [2.45, 2.75) is 38.8 Å². The molecule has 2 N–H and O–H groups in total. The molecule has 2 aliphatic rings. The minimum Gasteiger partial charge on any atom is -0.382 e. The Kier molecular flexibility index (Phi) is 23.0. The summed E-state index contributed by atoms with van der Waals surface area (Å²) in [6.07, 6.45) is 0.388. The zero-order valence-corrected chi connectivity index (χ0v) is 31.1. The number of fused-ring (bicyclic) bond motifs is 1. The lowest BCUT2D eigenvalue weighted by Crippen LogP contribution is -2.54. The molecule has 0 spiro atoms. The van der Waals surface area contributed by atoms with Crippen molar-refractivity contribution in [2.24, 2.45) is 0 Å². The molecule has 0 bridgehead atoms. The van der Waals surface area contributed by atoms with Crippen LogP contribution in [0.5, 0.6) is 0 Å². The largest absolute Gasteiger partial charge is 0.382 e. The van der Waals surface area contributed by atoms with E-state index in [1.54, 1.807) is 18.2 Å². The van der Waals surface area contributed by atoms with Gasteiger partial charge in [0, 0.05) is 18.7 Å². The first-order valence-electron chi connectivity index (χ1n) is 18.3. The fraction of sp³-hybridized carbons (Fsp3) is 0.722. The molecule has 4 amide bonds. The number of piperidine rings is 1. The third-order valence-corrected chi connectivity index (χ3v) is 7.68. The topological polar surface area (TPSA) is 188 Å². The SMILES string of the molecule is CC(C)OCCOCCOCCOCCOCCOCCOCCOCCOCCOCCNc1cccc2c1C(=O)N(C1CCC(=O)NC1=O)C2=O. The number of hydrogen-bond acceptors (Lipinski definition) is 15. The Morgan fingerprint density at radius 3 is 1.49 bits per heavy atom. The van der Waals surface area contributed by atoms with Gasteiger partial charge in [-0.25, -0.2) is 0 Å². The average Bonchev–Trinajstić information content (AvgIpc) is 3.39. The predicted octanol–water partition coefficient (Wildman–Crippen LogP) is 1.07. The van der Waals surface area contributed by atoms with Crippen LogP contribution < -0.4 is 10.6 Å². The van der Waals surface area contributed by atoms with E-state index in [4.69, 9.17) is 47.4 Å². The van der Waals surface area contributed by atoms with Gasteiger partial charge < -0.3 is 52.7 Å². The fourth-order valence-electron chi connectivity index (χ4n) is 5.12. The zero-order chi connectivity index (χ0) is 37.9. The van der Waals surface area contributed by atoms with E-state index in [1.165, 1.54) is 0 Å². The average molecular weight is 756 g/mol. The van der Waals surface area contributed by atoms with Gasteiger partial charge in [0.15, 0.2) is 0 Å². The summed E-state index contributed by atoms with van der Waals surface area (Å²) in [4.78, 5) is 50.8. The lowest BCUT2D eigenvalue weighted by Gasteiger charge is -2.27. The van der Waals surface area contributed by atoms with Crippen molar-refractivity contribution < 1.29 is 66.5 Å². The Labute approximate surface area is 311 Å². The van der Waals surface area contributed by atoms with Gasteiger partial charge >= 0.3 is 0 Å². The lowest BCUT2D eigenvalue weighted by molar-refractivity contribution is -0.136. The first kappa shape index (κ1) is 44.3. The fourth-order valence-corrected chi connectivity index (χ4v) is 5.12. The number of benzene rings is 1. The first-order chi connectivity index (χ1) is 25.9. The lowest BCUT2D eigenvalue weighted by atomic mass is 10.0. The van der Waals surface area contributed by atoms with Crippen molar-refractivity contribution in [1.82, 2.24) is 10.2 Å². The Morgan fingerprint density at radius 1 is 0.623 bits per heavy atom. The van der Waals surface area contributed by atoms with Crippen LogP contribution in [-0.2, 0) is 57.0 Å². The first-order valence-corrected chi connectivity index (χ1v) is 18.3. The standard InChI is InChI=1S/C36H57N3O14/c1-28(2)53-27-26-52-25-24-51-23-22-50-21-20-49-19-18-48-17-16-47-15-14-46-13-12-45-11-10-44-9-8-37-30-5-3-4-29-33(30)36(43)39(35(29)42)31-6-7-32(40)38-34(31)41/h3-5,28,31,37H,6-27H2,1-2H3,(H,38,40,41). The van der Waals surface area contributed by atoms with Gasteiger partial charge in [0.1, 0.15) is 6.04 Å². The molecule has 53 heavy (non-hydrogen) atoms. The number of nitrogens with zero attached hydrogens (tertiary/aromatic N) is 1. The zero-order valence-electron chi connectivity index (χ0n) is 31.1. The van der Waals surface area contributed by atoms with Crippen LogP contribution in [0.4, 0.5) is 5.69 Å². The molecule has 1 unspecified atom stereocenters. The Morgan fingerprint density at radius 2 is 1.06 bits per heavy atom. The van der Waals surface area contributed by atoms with E-state index in [0.29, 0.717) is 138 Å². The summed E-state index contributed by atoms with van der Waals surface area (Å²) in [5.74, 6) is -2.16. The van der Waals surface area contributed by atoms with Crippen molar-refractivity contribution in [3.05, 3.63) is 29.3 Å². The molecule has 1 aromatic rings. The molecule has 300 valence electrons. The smallest absolute Gasteiger partial charge is 0.264 e. The van der Waals surface area contributed by atoms with Gasteiger partial charge in [-0.2, -0.15) is 0 Å². The van der Waals surface area contributed by atoms with E-state index in [2.05, 4.69) is 10.6 Å². The van der Waals surface area contributed by atoms with Crippen LogP contribution in [0.2, 0.25) is 0 Å². The van der Waals surface area contributed by atoms with Crippen molar-refractivity contribution in [1.29, 1.82) is 0 Å². The molecule has 0 saturated carbocycles. The number of anilines is 1. The molecule has 2 aliphatic heterocycles. The second kappa shape index (κ2) is 27.5. The van der Waals surface area contributed by atoms with Crippen LogP contribution in [0.3, 0.4) is 0 Å². The maximum atomic E-state index is 13.1. The molecule has 17 nitrogen and oxygen atoms in total. The number of carbonyl (C=O) groups is 4. The second-order valence-electron chi connectivity index (χ2n) is 12.0. The van der Waals surface area contributed by atoms with E-state index in [9.17, 15) is 19.2 Å². The van der Waals surface area contributed by atoms with Gasteiger partial charge in [0.25, 0.3) is 11.8 Å². The van der Waals surface area contributed by atoms with Crippen LogP contribution >= 0.6 is 0 Å². The molecule has 2 heterocycles. The highest BCUT2D eigenvalue weighted by Gasteiger charge is 2.45. The Balaban J connectivity index is 1.03. The van der Waals surface area contributed by atoms with Crippen LogP contribution in [0.15, 0.2) is 18.2 Å².